The highest BCUT2D eigenvalue weighted by molar-refractivity contribution is 7.10. The van der Waals surface area contributed by atoms with Crippen LogP contribution in [0.4, 0.5) is 0 Å². The quantitative estimate of drug-likeness (QED) is 0.759. The standard InChI is InChI=1S/C9H12N2S/c1-6(2)9(11)7-3-8(4-10)12-5-7/h3,5-6,9H,11H2,1-2H3/t9-/m0/s1. The molecule has 1 aromatic heterocycles. The Bertz CT molecular complexity index is 296. The van der Waals surface area contributed by atoms with Crippen molar-refractivity contribution in [2.24, 2.45) is 11.7 Å². The monoisotopic (exact) mass is 180 g/mol. The predicted molar refractivity (Wildman–Crippen MR) is 50.8 cm³/mol. The van der Waals surface area contributed by atoms with E-state index >= 15 is 0 Å². The maximum Gasteiger partial charge on any atom is 0.110 e. The molecule has 0 unspecified atom stereocenters. The van der Waals surface area contributed by atoms with Crippen molar-refractivity contribution in [2.75, 3.05) is 0 Å². The van der Waals surface area contributed by atoms with E-state index in [1.54, 1.807) is 0 Å². The van der Waals surface area contributed by atoms with E-state index in [9.17, 15) is 0 Å². The molecule has 0 radical (unpaired) electrons. The molecule has 1 atom stereocenters. The van der Waals surface area contributed by atoms with E-state index < -0.39 is 0 Å². The van der Waals surface area contributed by atoms with E-state index in [2.05, 4.69) is 19.9 Å². The van der Waals surface area contributed by atoms with Crippen LogP contribution in [0.3, 0.4) is 0 Å². The molecular formula is C9H12N2S. The second-order valence-electron chi connectivity index (χ2n) is 3.13. The molecule has 1 aromatic rings. The van der Waals surface area contributed by atoms with Crippen LogP contribution in [0, 0.1) is 17.2 Å². The molecule has 3 heteroatoms. The second kappa shape index (κ2) is 3.70. The van der Waals surface area contributed by atoms with Gasteiger partial charge in [-0.3, -0.25) is 0 Å². The highest BCUT2D eigenvalue weighted by Gasteiger charge is 2.11. The van der Waals surface area contributed by atoms with Gasteiger partial charge in [0.05, 0.1) is 0 Å². The van der Waals surface area contributed by atoms with Crippen LogP contribution in [0.5, 0.6) is 0 Å². The molecule has 0 fully saturated rings. The Hall–Kier alpha value is -0.850. The molecule has 0 bridgehead atoms. The van der Waals surface area contributed by atoms with E-state index in [-0.39, 0.29) is 6.04 Å². The summed E-state index contributed by atoms with van der Waals surface area (Å²) < 4.78 is 0. The highest BCUT2D eigenvalue weighted by atomic mass is 32.1. The van der Waals surface area contributed by atoms with Crippen LogP contribution < -0.4 is 5.73 Å². The number of nitrogens with zero attached hydrogens (tertiary/aromatic N) is 1. The third kappa shape index (κ3) is 1.84. The molecule has 2 nitrogen and oxygen atoms in total. The average Bonchev–Trinajstić information content (AvgIpc) is 2.50. The number of hydrogen-bond donors (Lipinski definition) is 1. The van der Waals surface area contributed by atoms with Crippen molar-refractivity contribution in [2.45, 2.75) is 19.9 Å². The lowest BCUT2D eigenvalue weighted by Gasteiger charge is -2.13. The van der Waals surface area contributed by atoms with Gasteiger partial charge in [0, 0.05) is 6.04 Å². The average molecular weight is 180 g/mol. The molecule has 0 saturated carbocycles. The van der Waals surface area contributed by atoms with Crippen molar-refractivity contribution in [3.8, 4) is 6.07 Å². The number of rotatable bonds is 2. The summed E-state index contributed by atoms with van der Waals surface area (Å²) in [6.45, 7) is 4.16. The lowest BCUT2D eigenvalue weighted by molar-refractivity contribution is 0.515. The van der Waals surface area contributed by atoms with Gasteiger partial charge < -0.3 is 5.73 Å². The summed E-state index contributed by atoms with van der Waals surface area (Å²) in [5.41, 5.74) is 6.98. The van der Waals surface area contributed by atoms with Crippen LogP contribution in [0.25, 0.3) is 0 Å². The van der Waals surface area contributed by atoms with Gasteiger partial charge in [-0.2, -0.15) is 5.26 Å². The van der Waals surface area contributed by atoms with Gasteiger partial charge in [-0.05, 0) is 22.9 Å². The first-order chi connectivity index (χ1) is 5.65. The van der Waals surface area contributed by atoms with E-state index in [0.717, 1.165) is 10.4 Å². The first-order valence-electron chi connectivity index (χ1n) is 3.89. The van der Waals surface area contributed by atoms with Gasteiger partial charge in [-0.1, -0.05) is 13.8 Å². The van der Waals surface area contributed by atoms with Crippen molar-refractivity contribution in [3.05, 3.63) is 21.9 Å². The lowest BCUT2D eigenvalue weighted by Crippen LogP contribution is -2.15. The summed E-state index contributed by atoms with van der Waals surface area (Å²) in [6.07, 6.45) is 0. The smallest absolute Gasteiger partial charge is 0.110 e. The minimum Gasteiger partial charge on any atom is -0.324 e. The normalized spacial score (nSPS) is 12.9. The van der Waals surface area contributed by atoms with E-state index in [4.69, 9.17) is 11.0 Å². The fourth-order valence-electron chi connectivity index (χ4n) is 0.969. The van der Waals surface area contributed by atoms with Crippen LogP contribution >= 0.6 is 11.3 Å². The predicted octanol–water partition coefficient (Wildman–Crippen LogP) is 2.28. The first kappa shape index (κ1) is 9.24. The van der Waals surface area contributed by atoms with Crippen LogP contribution in [-0.2, 0) is 0 Å². The third-order valence-corrected chi connectivity index (χ3v) is 2.69. The number of hydrogen-bond acceptors (Lipinski definition) is 3. The Morgan fingerprint density at radius 3 is 2.67 bits per heavy atom. The largest absolute Gasteiger partial charge is 0.324 e. The van der Waals surface area contributed by atoms with Crippen molar-refractivity contribution in [3.63, 3.8) is 0 Å². The van der Waals surface area contributed by atoms with Crippen molar-refractivity contribution < 1.29 is 0 Å². The van der Waals surface area contributed by atoms with Crippen molar-refractivity contribution in [1.29, 1.82) is 5.26 Å². The van der Waals surface area contributed by atoms with Crippen molar-refractivity contribution >= 4 is 11.3 Å². The van der Waals surface area contributed by atoms with E-state index in [1.807, 2.05) is 11.4 Å². The van der Waals surface area contributed by atoms with Gasteiger partial charge in [0.25, 0.3) is 0 Å². The molecule has 0 spiro atoms. The van der Waals surface area contributed by atoms with E-state index in [1.165, 1.54) is 11.3 Å². The number of nitriles is 1. The van der Waals surface area contributed by atoms with Gasteiger partial charge in [0.2, 0.25) is 0 Å². The lowest BCUT2D eigenvalue weighted by atomic mass is 10.00. The van der Waals surface area contributed by atoms with Crippen LogP contribution in [0.2, 0.25) is 0 Å². The third-order valence-electron chi connectivity index (χ3n) is 1.83. The minimum absolute atomic E-state index is 0.0587. The zero-order valence-electron chi connectivity index (χ0n) is 7.24. The molecule has 2 N–H and O–H groups in total. The van der Waals surface area contributed by atoms with E-state index in [0.29, 0.717) is 5.92 Å². The molecule has 64 valence electrons. The minimum atomic E-state index is 0.0587. The molecule has 1 heterocycles. The Balaban J connectivity index is 2.83. The molecule has 0 amide bonds. The van der Waals surface area contributed by atoms with Crippen LogP contribution in [-0.4, -0.2) is 0 Å². The van der Waals surface area contributed by atoms with Gasteiger partial charge >= 0.3 is 0 Å². The molecule has 12 heavy (non-hydrogen) atoms. The Kier molecular flexibility index (Phi) is 2.85. The molecule has 1 rings (SSSR count). The van der Waals surface area contributed by atoms with Crippen LogP contribution in [0.1, 0.15) is 30.3 Å². The van der Waals surface area contributed by atoms with Gasteiger partial charge in [-0.15, -0.1) is 11.3 Å². The Morgan fingerprint density at radius 1 is 1.58 bits per heavy atom. The Labute approximate surface area is 76.6 Å². The van der Waals surface area contributed by atoms with Gasteiger partial charge in [0.15, 0.2) is 0 Å². The summed E-state index contributed by atoms with van der Waals surface area (Å²) >= 11 is 1.45. The molecule has 0 aliphatic rings. The summed E-state index contributed by atoms with van der Waals surface area (Å²) in [5.74, 6) is 0.422. The van der Waals surface area contributed by atoms with Gasteiger partial charge in [0.1, 0.15) is 10.9 Å². The van der Waals surface area contributed by atoms with Crippen molar-refractivity contribution in [1.82, 2.24) is 0 Å². The molecule has 0 aliphatic heterocycles. The maximum atomic E-state index is 8.59. The highest BCUT2D eigenvalue weighted by Crippen LogP contribution is 2.23. The number of nitrogens with two attached hydrogens (primary N) is 1. The first-order valence-corrected chi connectivity index (χ1v) is 4.77. The second-order valence-corrected chi connectivity index (χ2v) is 4.04. The van der Waals surface area contributed by atoms with Gasteiger partial charge in [-0.25, -0.2) is 0 Å². The topological polar surface area (TPSA) is 49.8 Å². The maximum absolute atomic E-state index is 8.59. The molecule has 0 aliphatic carbocycles. The molecule has 0 aromatic carbocycles. The summed E-state index contributed by atoms with van der Waals surface area (Å²) in [5, 5.41) is 10.6. The summed E-state index contributed by atoms with van der Waals surface area (Å²) in [6, 6.07) is 4.03. The zero-order chi connectivity index (χ0) is 9.14. The fourth-order valence-corrected chi connectivity index (χ4v) is 1.71. The molecule has 0 saturated heterocycles. The summed E-state index contributed by atoms with van der Waals surface area (Å²) in [4.78, 5) is 0.737. The fraction of sp³-hybridized carbons (Fsp3) is 0.444. The number of thiophene rings is 1. The van der Waals surface area contributed by atoms with Crippen LogP contribution in [0.15, 0.2) is 11.4 Å². The summed E-state index contributed by atoms with van der Waals surface area (Å²) in [7, 11) is 0. The molecular weight excluding hydrogens is 168 g/mol. The SMILES string of the molecule is CC(C)[C@H](N)c1csc(C#N)c1. The Morgan fingerprint density at radius 2 is 2.25 bits per heavy atom. The zero-order valence-corrected chi connectivity index (χ0v) is 8.06.